The van der Waals surface area contributed by atoms with Crippen LogP contribution in [0.15, 0.2) is 30.5 Å². The Labute approximate surface area is 195 Å². The van der Waals surface area contributed by atoms with Gasteiger partial charge in [0.25, 0.3) is 0 Å². The van der Waals surface area contributed by atoms with E-state index in [2.05, 4.69) is 43.6 Å². The summed E-state index contributed by atoms with van der Waals surface area (Å²) in [7, 11) is -2.12. The van der Waals surface area contributed by atoms with Crippen LogP contribution in [0.5, 0.6) is 5.75 Å². The van der Waals surface area contributed by atoms with Crippen LogP contribution in [0.25, 0.3) is 0 Å². The molecule has 0 aliphatic heterocycles. The average Bonchev–Trinajstić information content (AvgIpc) is 3.04. The van der Waals surface area contributed by atoms with Crippen molar-refractivity contribution in [3.63, 3.8) is 0 Å². The van der Waals surface area contributed by atoms with E-state index < -0.39 is 25.7 Å². The Bertz CT molecular complexity index is 946. The number of ether oxygens (including phenoxy) is 2. The zero-order chi connectivity index (χ0) is 25.0. The molecule has 0 aliphatic carbocycles. The topological polar surface area (TPSA) is 88.7 Å². The third-order valence-corrected chi connectivity index (χ3v) is 10.2. The summed E-state index contributed by atoms with van der Waals surface area (Å²) in [5.74, 6) is -0.717. The van der Waals surface area contributed by atoms with Crippen molar-refractivity contribution in [3.05, 3.63) is 51.4 Å². The van der Waals surface area contributed by atoms with Crippen LogP contribution in [0.4, 0.5) is 19.0 Å². The van der Waals surface area contributed by atoms with Crippen LogP contribution in [0.1, 0.15) is 26.3 Å². The summed E-state index contributed by atoms with van der Waals surface area (Å²) in [4.78, 5) is 14.0. The van der Waals surface area contributed by atoms with Gasteiger partial charge in [-0.15, -0.1) is 13.2 Å². The van der Waals surface area contributed by atoms with E-state index >= 15 is 0 Å². The van der Waals surface area contributed by atoms with Crippen molar-refractivity contribution in [1.82, 2.24) is 9.55 Å². The second-order valence-electron chi connectivity index (χ2n) is 8.97. The first-order valence-corrected chi connectivity index (χ1v) is 13.3. The summed E-state index contributed by atoms with van der Waals surface area (Å²) in [5, 5.41) is 10.9. The average molecular weight is 510 g/mol. The van der Waals surface area contributed by atoms with Crippen LogP contribution in [0, 0.1) is 10.1 Å². The molecule has 184 valence electrons. The zero-order valence-electron chi connectivity index (χ0n) is 19.0. The maximum atomic E-state index is 12.3. The number of hydrogen-bond donors (Lipinski definition) is 0. The molecule has 2 rings (SSSR count). The Kier molecular flexibility index (Phi) is 8.55. The standard InChI is InChI=1S/C20H27ClF3N3O5Si/c1-19(2,3)33(4,5)31-13-16(10-26-11-17(27(28)29)25-18(26)21)30-12-14-6-8-15(9-7-14)32-20(22,23)24/h6-9,11,16H,10,12-13H2,1-5H3. The van der Waals surface area contributed by atoms with E-state index in [0.717, 1.165) is 0 Å². The van der Waals surface area contributed by atoms with E-state index in [4.69, 9.17) is 20.8 Å². The van der Waals surface area contributed by atoms with E-state index in [-0.39, 0.29) is 41.6 Å². The fraction of sp³-hybridized carbons (Fsp3) is 0.550. The summed E-state index contributed by atoms with van der Waals surface area (Å²) in [6.07, 6.45) is -4.10. The summed E-state index contributed by atoms with van der Waals surface area (Å²) in [6.45, 7) is 10.9. The lowest BCUT2D eigenvalue weighted by Crippen LogP contribution is -2.43. The predicted octanol–water partition coefficient (Wildman–Crippen LogP) is 5.95. The van der Waals surface area contributed by atoms with Gasteiger partial charge in [0.2, 0.25) is 0 Å². The minimum Gasteiger partial charge on any atom is -0.414 e. The van der Waals surface area contributed by atoms with Crippen molar-refractivity contribution in [2.45, 2.75) is 64.5 Å². The van der Waals surface area contributed by atoms with E-state index in [1.807, 2.05) is 0 Å². The molecule has 0 saturated heterocycles. The van der Waals surface area contributed by atoms with Crippen LogP contribution in [0.2, 0.25) is 23.4 Å². The van der Waals surface area contributed by atoms with Gasteiger partial charge in [-0.1, -0.05) is 32.9 Å². The number of nitro groups is 1. The summed E-state index contributed by atoms with van der Waals surface area (Å²) in [6, 6.07) is 5.32. The number of benzene rings is 1. The number of rotatable bonds is 10. The summed E-state index contributed by atoms with van der Waals surface area (Å²) in [5.41, 5.74) is 0.615. The van der Waals surface area contributed by atoms with Gasteiger partial charge in [0.05, 0.1) is 25.9 Å². The SMILES string of the molecule is CC(C)(C)[Si](C)(C)OCC(Cn1cc([N+](=O)[O-])nc1Cl)OCc1ccc(OC(F)(F)F)cc1. The monoisotopic (exact) mass is 509 g/mol. The third-order valence-electron chi connectivity index (χ3n) is 5.38. The second-order valence-corrected chi connectivity index (χ2v) is 14.1. The molecule has 33 heavy (non-hydrogen) atoms. The van der Waals surface area contributed by atoms with Crippen molar-refractivity contribution in [1.29, 1.82) is 0 Å². The largest absolute Gasteiger partial charge is 0.573 e. The van der Waals surface area contributed by atoms with Crippen molar-refractivity contribution < 1.29 is 32.0 Å². The third kappa shape index (κ3) is 8.29. The maximum absolute atomic E-state index is 12.3. The van der Waals surface area contributed by atoms with Crippen molar-refractivity contribution in [2.75, 3.05) is 6.61 Å². The highest BCUT2D eigenvalue weighted by Gasteiger charge is 2.38. The molecule has 0 fully saturated rings. The predicted molar refractivity (Wildman–Crippen MR) is 119 cm³/mol. The van der Waals surface area contributed by atoms with Gasteiger partial charge in [-0.2, -0.15) is 0 Å². The van der Waals surface area contributed by atoms with Gasteiger partial charge in [0.1, 0.15) is 11.9 Å². The van der Waals surface area contributed by atoms with E-state index in [9.17, 15) is 23.3 Å². The molecule has 0 aliphatic rings. The van der Waals surface area contributed by atoms with Crippen molar-refractivity contribution >= 4 is 25.7 Å². The molecule has 0 spiro atoms. The molecular formula is C20H27ClF3N3O5Si. The molecule has 1 atom stereocenters. The molecular weight excluding hydrogens is 483 g/mol. The molecule has 0 amide bonds. The summed E-state index contributed by atoms with van der Waals surface area (Å²) < 4.78 is 54.5. The lowest BCUT2D eigenvalue weighted by molar-refractivity contribution is -0.389. The lowest BCUT2D eigenvalue weighted by atomic mass is 10.2. The molecule has 0 saturated carbocycles. The fourth-order valence-corrected chi connectivity index (χ4v) is 3.73. The number of halogens is 4. The molecule has 1 aromatic heterocycles. The molecule has 0 radical (unpaired) electrons. The minimum absolute atomic E-state index is 0.0443. The minimum atomic E-state index is -4.77. The number of aromatic nitrogens is 2. The zero-order valence-corrected chi connectivity index (χ0v) is 20.7. The number of hydrogen-bond acceptors (Lipinski definition) is 6. The molecule has 1 unspecified atom stereocenters. The normalized spacial score (nSPS) is 13.7. The van der Waals surface area contributed by atoms with Crippen LogP contribution < -0.4 is 4.74 Å². The quantitative estimate of drug-likeness (QED) is 0.223. The molecule has 8 nitrogen and oxygen atoms in total. The first kappa shape index (κ1) is 27.1. The van der Waals surface area contributed by atoms with Gasteiger partial charge in [0.15, 0.2) is 8.32 Å². The highest BCUT2D eigenvalue weighted by Crippen LogP contribution is 2.36. The summed E-state index contributed by atoms with van der Waals surface area (Å²) >= 11 is 6.04. The number of imidazole rings is 1. The number of nitrogens with zero attached hydrogens (tertiary/aromatic N) is 3. The molecule has 1 heterocycles. The van der Waals surface area contributed by atoms with Crippen LogP contribution in [-0.2, 0) is 22.3 Å². The van der Waals surface area contributed by atoms with Gasteiger partial charge in [-0.25, -0.2) is 0 Å². The van der Waals surface area contributed by atoms with Gasteiger partial charge in [0, 0.05) is 0 Å². The molecule has 0 bridgehead atoms. The molecule has 13 heteroatoms. The molecule has 2 aromatic rings. The lowest BCUT2D eigenvalue weighted by Gasteiger charge is -2.37. The first-order chi connectivity index (χ1) is 15.1. The maximum Gasteiger partial charge on any atom is 0.573 e. The highest BCUT2D eigenvalue weighted by atomic mass is 35.5. The Hall–Kier alpha value is -2.15. The van der Waals surface area contributed by atoms with Gasteiger partial charge >= 0.3 is 17.5 Å². The Morgan fingerprint density at radius 3 is 2.30 bits per heavy atom. The Morgan fingerprint density at radius 1 is 1.21 bits per heavy atom. The van der Waals surface area contributed by atoms with E-state index in [1.54, 1.807) is 0 Å². The van der Waals surface area contributed by atoms with Gasteiger partial charge in [-0.3, -0.25) is 4.57 Å². The van der Waals surface area contributed by atoms with Crippen LogP contribution >= 0.6 is 11.6 Å². The van der Waals surface area contributed by atoms with Gasteiger partial charge in [-0.05, 0) is 57.3 Å². The number of alkyl halides is 3. The fourth-order valence-electron chi connectivity index (χ4n) is 2.49. The van der Waals surface area contributed by atoms with E-state index in [1.165, 1.54) is 35.0 Å². The Balaban J connectivity index is 2.12. The van der Waals surface area contributed by atoms with Crippen LogP contribution in [-0.4, -0.2) is 41.9 Å². The molecule has 0 N–H and O–H groups in total. The van der Waals surface area contributed by atoms with Crippen molar-refractivity contribution in [3.8, 4) is 5.75 Å². The second kappa shape index (κ2) is 10.4. The highest BCUT2D eigenvalue weighted by molar-refractivity contribution is 6.74. The smallest absolute Gasteiger partial charge is 0.414 e. The molecule has 1 aromatic carbocycles. The first-order valence-electron chi connectivity index (χ1n) is 10.0. The van der Waals surface area contributed by atoms with E-state index in [0.29, 0.717) is 5.56 Å². The van der Waals surface area contributed by atoms with Crippen molar-refractivity contribution in [2.24, 2.45) is 0 Å². The van der Waals surface area contributed by atoms with Gasteiger partial charge < -0.3 is 24.0 Å². The van der Waals surface area contributed by atoms with Crippen LogP contribution in [0.3, 0.4) is 0 Å². The Morgan fingerprint density at radius 2 is 1.82 bits per heavy atom.